The summed E-state index contributed by atoms with van der Waals surface area (Å²) in [4.78, 5) is 17.4. The van der Waals surface area contributed by atoms with Crippen molar-refractivity contribution in [3.05, 3.63) is 100 Å². The van der Waals surface area contributed by atoms with Crippen LogP contribution in [-0.4, -0.2) is 29.9 Å². The number of aliphatic imine (C=N–C) groups is 1. The first-order valence-electron chi connectivity index (χ1n) is 9.60. The van der Waals surface area contributed by atoms with Gasteiger partial charge in [0.2, 0.25) is 0 Å². The van der Waals surface area contributed by atoms with E-state index in [0.29, 0.717) is 13.1 Å². The first-order chi connectivity index (χ1) is 14.2. The zero-order chi connectivity index (χ0) is 20.3. The Morgan fingerprint density at radius 2 is 1.63 bits per heavy atom. The molecule has 7 heteroatoms. The summed E-state index contributed by atoms with van der Waals surface area (Å²) < 4.78 is 1.70. The minimum absolute atomic E-state index is 0. The van der Waals surface area contributed by atoms with Gasteiger partial charge in [0, 0.05) is 43.0 Å². The Balaban J connectivity index is 0.00000320. The minimum Gasteiger partial charge on any atom is -0.356 e. The highest BCUT2D eigenvalue weighted by Gasteiger charge is 2.01. The van der Waals surface area contributed by atoms with E-state index in [1.165, 1.54) is 4.90 Å². The summed E-state index contributed by atoms with van der Waals surface area (Å²) in [6.07, 6.45) is 1.81. The molecule has 2 aromatic carbocycles. The van der Waals surface area contributed by atoms with Gasteiger partial charge >= 0.3 is 0 Å². The van der Waals surface area contributed by atoms with Crippen molar-refractivity contribution in [2.24, 2.45) is 4.99 Å². The Morgan fingerprint density at radius 3 is 2.33 bits per heavy atom. The lowest BCUT2D eigenvalue weighted by atomic mass is 10.1. The fourth-order valence-electron chi connectivity index (χ4n) is 2.81. The summed E-state index contributed by atoms with van der Waals surface area (Å²) in [5.41, 5.74) is 2.27. The van der Waals surface area contributed by atoms with Crippen LogP contribution in [0.15, 0.2) is 93.7 Å². The molecule has 0 unspecified atom stereocenters. The van der Waals surface area contributed by atoms with Crippen LogP contribution in [0.25, 0.3) is 0 Å². The molecule has 0 aliphatic heterocycles. The zero-order valence-electron chi connectivity index (χ0n) is 17.0. The molecule has 30 heavy (non-hydrogen) atoms. The third-order valence-electron chi connectivity index (χ3n) is 4.36. The summed E-state index contributed by atoms with van der Waals surface area (Å²) in [6.45, 7) is 2.11. The number of rotatable bonds is 8. The molecule has 0 bridgehead atoms. The SMILES string of the molecule is CN=C(NCCSc1ccccc1)NCc1ccc(Cn2ccccc2=O)cc1.I. The topological polar surface area (TPSA) is 58.4 Å². The molecule has 5 nitrogen and oxygen atoms in total. The molecule has 0 fully saturated rings. The van der Waals surface area contributed by atoms with Gasteiger partial charge in [-0.25, -0.2) is 0 Å². The van der Waals surface area contributed by atoms with Gasteiger partial charge in [0.1, 0.15) is 0 Å². The number of benzene rings is 2. The maximum absolute atomic E-state index is 11.8. The number of pyridine rings is 1. The molecule has 0 saturated carbocycles. The predicted octanol–water partition coefficient (Wildman–Crippen LogP) is 3.97. The number of aromatic nitrogens is 1. The van der Waals surface area contributed by atoms with E-state index in [4.69, 9.17) is 0 Å². The molecule has 158 valence electrons. The molecule has 2 N–H and O–H groups in total. The van der Waals surface area contributed by atoms with Crippen molar-refractivity contribution in [3.8, 4) is 0 Å². The van der Waals surface area contributed by atoms with E-state index in [1.54, 1.807) is 23.7 Å². The lowest BCUT2D eigenvalue weighted by molar-refractivity contribution is 0.758. The number of hydrogen-bond acceptors (Lipinski definition) is 3. The monoisotopic (exact) mass is 534 g/mol. The van der Waals surface area contributed by atoms with E-state index in [2.05, 4.69) is 64.2 Å². The van der Waals surface area contributed by atoms with E-state index < -0.39 is 0 Å². The summed E-state index contributed by atoms with van der Waals surface area (Å²) in [5.74, 6) is 1.76. The lowest BCUT2D eigenvalue weighted by Gasteiger charge is -2.12. The van der Waals surface area contributed by atoms with E-state index in [-0.39, 0.29) is 29.5 Å². The Hall–Kier alpha value is -2.26. The smallest absolute Gasteiger partial charge is 0.250 e. The van der Waals surface area contributed by atoms with Gasteiger partial charge < -0.3 is 15.2 Å². The maximum Gasteiger partial charge on any atom is 0.250 e. The van der Waals surface area contributed by atoms with Crippen molar-refractivity contribution >= 4 is 41.7 Å². The number of guanidine groups is 1. The van der Waals surface area contributed by atoms with E-state index in [1.807, 2.05) is 30.1 Å². The van der Waals surface area contributed by atoms with Crippen LogP contribution in [0, 0.1) is 0 Å². The molecule has 3 aromatic rings. The van der Waals surface area contributed by atoms with Crippen LogP contribution in [0.3, 0.4) is 0 Å². The standard InChI is InChI=1S/C23H26N4OS.HI/c1-24-23(25-14-16-29-21-7-3-2-4-8-21)26-17-19-10-12-20(13-11-19)18-27-15-6-5-9-22(27)28;/h2-13,15H,14,16-18H2,1H3,(H2,24,25,26);1H. The number of hydrogen-bond donors (Lipinski definition) is 2. The summed E-state index contributed by atoms with van der Waals surface area (Å²) in [6, 6.07) is 23.9. The molecule has 0 atom stereocenters. The molecular formula is C23H27IN4OS. The van der Waals surface area contributed by atoms with Crippen molar-refractivity contribution in [3.63, 3.8) is 0 Å². The third kappa shape index (κ3) is 7.87. The van der Waals surface area contributed by atoms with Crippen LogP contribution < -0.4 is 16.2 Å². The van der Waals surface area contributed by atoms with Crippen molar-refractivity contribution in [2.75, 3.05) is 19.3 Å². The average Bonchev–Trinajstić information content (AvgIpc) is 2.76. The van der Waals surface area contributed by atoms with E-state index >= 15 is 0 Å². The molecule has 0 radical (unpaired) electrons. The van der Waals surface area contributed by atoms with Gasteiger partial charge in [-0.05, 0) is 29.3 Å². The van der Waals surface area contributed by atoms with Gasteiger partial charge in [-0.2, -0.15) is 0 Å². The fraction of sp³-hybridized carbons (Fsp3) is 0.217. The second kappa shape index (κ2) is 13.1. The normalized spacial score (nSPS) is 10.9. The molecule has 0 amide bonds. The Labute approximate surface area is 199 Å². The van der Waals surface area contributed by atoms with Gasteiger partial charge in [-0.1, -0.05) is 48.5 Å². The molecule has 0 saturated heterocycles. The highest BCUT2D eigenvalue weighted by atomic mass is 127. The van der Waals surface area contributed by atoms with Gasteiger partial charge in [0.25, 0.3) is 5.56 Å². The number of nitrogens with one attached hydrogen (secondary N) is 2. The average molecular weight is 534 g/mol. The predicted molar refractivity (Wildman–Crippen MR) is 137 cm³/mol. The van der Waals surface area contributed by atoms with Crippen LogP contribution in [0.2, 0.25) is 0 Å². The molecular weight excluding hydrogens is 507 g/mol. The van der Waals surface area contributed by atoms with E-state index in [9.17, 15) is 4.79 Å². The summed E-state index contributed by atoms with van der Waals surface area (Å²) in [5, 5.41) is 6.68. The van der Waals surface area contributed by atoms with Crippen LogP contribution >= 0.6 is 35.7 Å². The van der Waals surface area contributed by atoms with Crippen LogP contribution in [0.5, 0.6) is 0 Å². The Kier molecular flexibility index (Phi) is 10.5. The molecule has 1 heterocycles. The minimum atomic E-state index is 0. The summed E-state index contributed by atoms with van der Waals surface area (Å²) in [7, 11) is 1.78. The second-order valence-corrected chi connectivity index (χ2v) is 7.67. The summed E-state index contributed by atoms with van der Waals surface area (Å²) >= 11 is 1.82. The largest absolute Gasteiger partial charge is 0.356 e. The van der Waals surface area contributed by atoms with Crippen LogP contribution in [-0.2, 0) is 13.1 Å². The van der Waals surface area contributed by atoms with Gasteiger partial charge in [-0.3, -0.25) is 9.79 Å². The second-order valence-electron chi connectivity index (χ2n) is 6.50. The van der Waals surface area contributed by atoms with Crippen LogP contribution in [0.4, 0.5) is 0 Å². The van der Waals surface area contributed by atoms with Crippen LogP contribution in [0.1, 0.15) is 11.1 Å². The third-order valence-corrected chi connectivity index (χ3v) is 5.38. The zero-order valence-corrected chi connectivity index (χ0v) is 20.1. The molecule has 0 aliphatic carbocycles. The van der Waals surface area contributed by atoms with Crippen molar-refractivity contribution in [1.82, 2.24) is 15.2 Å². The fourth-order valence-corrected chi connectivity index (χ4v) is 3.60. The maximum atomic E-state index is 11.8. The first-order valence-corrected chi connectivity index (χ1v) is 10.6. The lowest BCUT2D eigenvalue weighted by Crippen LogP contribution is -2.37. The highest BCUT2D eigenvalue weighted by Crippen LogP contribution is 2.15. The highest BCUT2D eigenvalue weighted by molar-refractivity contribution is 14.0. The molecule has 0 spiro atoms. The van der Waals surface area contributed by atoms with Gasteiger partial charge in [0.15, 0.2) is 5.96 Å². The molecule has 3 rings (SSSR count). The number of thioether (sulfide) groups is 1. The van der Waals surface area contributed by atoms with Gasteiger partial charge in [-0.15, -0.1) is 35.7 Å². The molecule has 0 aliphatic rings. The number of nitrogens with zero attached hydrogens (tertiary/aromatic N) is 2. The quantitative estimate of drug-likeness (QED) is 0.151. The first kappa shape index (κ1) is 24.0. The Morgan fingerprint density at radius 1 is 0.933 bits per heavy atom. The molecule has 1 aromatic heterocycles. The van der Waals surface area contributed by atoms with Crippen molar-refractivity contribution in [2.45, 2.75) is 18.0 Å². The van der Waals surface area contributed by atoms with E-state index in [0.717, 1.165) is 29.4 Å². The van der Waals surface area contributed by atoms with Gasteiger partial charge in [0.05, 0.1) is 6.54 Å². The van der Waals surface area contributed by atoms with Crippen molar-refractivity contribution < 1.29 is 0 Å². The Bertz CT molecular complexity index is 974. The number of halogens is 1. The van der Waals surface area contributed by atoms with Crippen molar-refractivity contribution in [1.29, 1.82) is 0 Å².